The molecule has 0 radical (unpaired) electrons. The molecule has 5 nitrogen and oxygen atoms in total. The van der Waals surface area contributed by atoms with Crippen LogP contribution in [0.25, 0.3) is 0 Å². The SMILES string of the molecule is CN1CCN(CCCc2ccc(OCCN3CCCC3=O)cc2)CC1. The first-order valence-electron chi connectivity index (χ1n) is 9.61. The Hall–Kier alpha value is -1.59. The lowest BCUT2D eigenvalue weighted by atomic mass is 10.1. The number of likely N-dealkylation sites (N-methyl/N-ethyl adjacent to an activating group) is 1. The number of nitrogens with zero attached hydrogens (tertiary/aromatic N) is 3. The predicted molar refractivity (Wildman–Crippen MR) is 100 cm³/mol. The zero-order valence-electron chi connectivity index (χ0n) is 15.5. The number of carbonyl (C=O) groups is 1. The fourth-order valence-electron chi connectivity index (χ4n) is 3.54. The standard InChI is InChI=1S/C20H31N3O2/c1-21-12-14-22(15-13-21)10-2-4-18-6-8-19(9-7-18)25-17-16-23-11-3-5-20(23)24/h6-9H,2-5,10-17H2,1H3. The minimum atomic E-state index is 0.263. The minimum Gasteiger partial charge on any atom is -0.492 e. The number of piperazine rings is 1. The molecular weight excluding hydrogens is 314 g/mol. The van der Waals surface area contributed by atoms with Gasteiger partial charge in [0, 0.05) is 39.1 Å². The van der Waals surface area contributed by atoms with E-state index in [1.807, 2.05) is 4.90 Å². The van der Waals surface area contributed by atoms with Crippen LogP contribution in [0.15, 0.2) is 24.3 Å². The van der Waals surface area contributed by atoms with Crippen molar-refractivity contribution in [1.29, 1.82) is 0 Å². The number of hydrogen-bond donors (Lipinski definition) is 0. The van der Waals surface area contributed by atoms with E-state index in [1.165, 1.54) is 44.7 Å². The van der Waals surface area contributed by atoms with Crippen LogP contribution in [0, 0.1) is 0 Å². The van der Waals surface area contributed by atoms with E-state index in [9.17, 15) is 4.79 Å². The van der Waals surface area contributed by atoms with E-state index in [2.05, 4.69) is 41.1 Å². The Morgan fingerprint density at radius 1 is 1.00 bits per heavy atom. The number of aryl methyl sites for hydroxylation is 1. The van der Waals surface area contributed by atoms with Crippen LogP contribution >= 0.6 is 0 Å². The summed E-state index contributed by atoms with van der Waals surface area (Å²) in [6, 6.07) is 8.44. The highest BCUT2D eigenvalue weighted by molar-refractivity contribution is 5.78. The van der Waals surface area contributed by atoms with Crippen molar-refractivity contribution in [3.05, 3.63) is 29.8 Å². The molecule has 0 aliphatic carbocycles. The molecule has 0 unspecified atom stereocenters. The molecule has 2 fully saturated rings. The molecular formula is C20H31N3O2. The maximum Gasteiger partial charge on any atom is 0.222 e. The smallest absolute Gasteiger partial charge is 0.222 e. The fourth-order valence-corrected chi connectivity index (χ4v) is 3.54. The Kier molecular flexibility index (Phi) is 6.70. The third kappa shape index (κ3) is 5.72. The summed E-state index contributed by atoms with van der Waals surface area (Å²) in [5, 5.41) is 0. The second-order valence-corrected chi connectivity index (χ2v) is 7.23. The van der Waals surface area contributed by atoms with Crippen molar-refractivity contribution >= 4 is 5.91 Å². The largest absolute Gasteiger partial charge is 0.492 e. The summed E-state index contributed by atoms with van der Waals surface area (Å²) in [4.78, 5) is 18.4. The van der Waals surface area contributed by atoms with Crippen LogP contribution in [0.4, 0.5) is 0 Å². The van der Waals surface area contributed by atoms with Gasteiger partial charge in [-0.3, -0.25) is 4.79 Å². The van der Waals surface area contributed by atoms with Gasteiger partial charge in [0.25, 0.3) is 0 Å². The molecule has 25 heavy (non-hydrogen) atoms. The molecule has 1 aromatic carbocycles. The first-order chi connectivity index (χ1) is 12.2. The van der Waals surface area contributed by atoms with E-state index in [1.54, 1.807) is 0 Å². The molecule has 5 heteroatoms. The Balaban J connectivity index is 1.32. The third-order valence-corrected chi connectivity index (χ3v) is 5.26. The van der Waals surface area contributed by atoms with Gasteiger partial charge in [0.2, 0.25) is 5.91 Å². The van der Waals surface area contributed by atoms with Gasteiger partial charge in [0.15, 0.2) is 0 Å². The highest BCUT2D eigenvalue weighted by Crippen LogP contribution is 2.15. The zero-order chi connectivity index (χ0) is 17.5. The van der Waals surface area contributed by atoms with Crippen molar-refractivity contribution < 1.29 is 9.53 Å². The first-order valence-corrected chi connectivity index (χ1v) is 9.61. The molecule has 2 aliphatic heterocycles. The van der Waals surface area contributed by atoms with Crippen LogP contribution in [-0.4, -0.2) is 80.1 Å². The molecule has 0 atom stereocenters. The van der Waals surface area contributed by atoms with Crippen molar-refractivity contribution in [3.63, 3.8) is 0 Å². The highest BCUT2D eigenvalue weighted by atomic mass is 16.5. The molecule has 1 amide bonds. The van der Waals surface area contributed by atoms with Crippen molar-refractivity contribution in [1.82, 2.24) is 14.7 Å². The third-order valence-electron chi connectivity index (χ3n) is 5.26. The Morgan fingerprint density at radius 2 is 1.76 bits per heavy atom. The summed E-state index contributed by atoms with van der Waals surface area (Å²) in [7, 11) is 2.20. The van der Waals surface area contributed by atoms with Crippen molar-refractivity contribution in [2.24, 2.45) is 0 Å². The van der Waals surface area contributed by atoms with Crippen LogP contribution in [-0.2, 0) is 11.2 Å². The topological polar surface area (TPSA) is 36.0 Å². The molecule has 2 saturated heterocycles. The Morgan fingerprint density at radius 3 is 2.44 bits per heavy atom. The van der Waals surface area contributed by atoms with Crippen LogP contribution < -0.4 is 4.74 Å². The summed E-state index contributed by atoms with van der Waals surface area (Å²) in [5.74, 6) is 1.16. The molecule has 3 rings (SSSR count). The van der Waals surface area contributed by atoms with Gasteiger partial charge in [0.1, 0.15) is 12.4 Å². The number of rotatable bonds is 8. The average molecular weight is 345 g/mol. The minimum absolute atomic E-state index is 0.263. The number of benzene rings is 1. The average Bonchev–Trinajstić information content (AvgIpc) is 3.03. The van der Waals surface area contributed by atoms with E-state index in [0.717, 1.165) is 25.1 Å². The van der Waals surface area contributed by atoms with Crippen molar-refractivity contribution in [2.75, 3.05) is 59.5 Å². The predicted octanol–water partition coefficient (Wildman–Crippen LogP) is 1.87. The molecule has 0 N–H and O–H groups in total. The van der Waals surface area contributed by atoms with Gasteiger partial charge in [-0.15, -0.1) is 0 Å². The molecule has 0 spiro atoms. The van der Waals surface area contributed by atoms with Gasteiger partial charge in [-0.1, -0.05) is 12.1 Å². The van der Waals surface area contributed by atoms with Crippen LogP contribution in [0.1, 0.15) is 24.8 Å². The fraction of sp³-hybridized carbons (Fsp3) is 0.650. The second kappa shape index (κ2) is 9.20. The Labute approximate surface area is 151 Å². The zero-order valence-corrected chi connectivity index (χ0v) is 15.5. The lowest BCUT2D eigenvalue weighted by Crippen LogP contribution is -2.44. The van der Waals surface area contributed by atoms with Gasteiger partial charge in [-0.2, -0.15) is 0 Å². The quantitative estimate of drug-likeness (QED) is 0.721. The van der Waals surface area contributed by atoms with E-state index in [0.29, 0.717) is 19.6 Å². The van der Waals surface area contributed by atoms with E-state index in [4.69, 9.17) is 4.74 Å². The summed E-state index contributed by atoms with van der Waals surface area (Å²) in [5.41, 5.74) is 1.37. The molecule has 2 heterocycles. The second-order valence-electron chi connectivity index (χ2n) is 7.23. The van der Waals surface area contributed by atoms with E-state index >= 15 is 0 Å². The summed E-state index contributed by atoms with van der Waals surface area (Å²) in [6.07, 6.45) is 4.01. The van der Waals surface area contributed by atoms with E-state index < -0.39 is 0 Å². The van der Waals surface area contributed by atoms with Crippen LogP contribution in [0.2, 0.25) is 0 Å². The molecule has 1 aromatic rings. The van der Waals surface area contributed by atoms with Gasteiger partial charge in [-0.25, -0.2) is 0 Å². The number of amides is 1. The van der Waals surface area contributed by atoms with Gasteiger partial charge < -0.3 is 19.4 Å². The summed E-state index contributed by atoms with van der Waals surface area (Å²) >= 11 is 0. The maximum absolute atomic E-state index is 11.6. The van der Waals surface area contributed by atoms with Gasteiger partial charge in [-0.05, 0) is 50.6 Å². The highest BCUT2D eigenvalue weighted by Gasteiger charge is 2.19. The van der Waals surface area contributed by atoms with Crippen molar-refractivity contribution in [3.8, 4) is 5.75 Å². The van der Waals surface area contributed by atoms with Crippen LogP contribution in [0.5, 0.6) is 5.75 Å². The van der Waals surface area contributed by atoms with E-state index in [-0.39, 0.29) is 5.91 Å². The number of likely N-dealkylation sites (tertiary alicyclic amines) is 1. The molecule has 2 aliphatic rings. The maximum atomic E-state index is 11.6. The monoisotopic (exact) mass is 345 g/mol. The Bertz CT molecular complexity index is 538. The molecule has 0 aromatic heterocycles. The summed E-state index contributed by atoms with van der Waals surface area (Å²) < 4.78 is 5.77. The normalized spacial score (nSPS) is 19.6. The summed E-state index contributed by atoms with van der Waals surface area (Å²) in [6.45, 7) is 8.13. The number of hydrogen-bond acceptors (Lipinski definition) is 4. The molecule has 0 saturated carbocycles. The van der Waals surface area contributed by atoms with Gasteiger partial charge >= 0.3 is 0 Å². The number of carbonyl (C=O) groups excluding carboxylic acids is 1. The van der Waals surface area contributed by atoms with Crippen molar-refractivity contribution in [2.45, 2.75) is 25.7 Å². The molecule has 0 bridgehead atoms. The van der Waals surface area contributed by atoms with Gasteiger partial charge in [0.05, 0.1) is 6.54 Å². The lowest BCUT2D eigenvalue weighted by molar-refractivity contribution is -0.128. The number of ether oxygens (including phenoxy) is 1. The van der Waals surface area contributed by atoms with Crippen LogP contribution in [0.3, 0.4) is 0 Å². The first kappa shape index (κ1) is 18.2. The lowest BCUT2D eigenvalue weighted by Gasteiger charge is -2.32. The molecule has 138 valence electrons.